The fraction of sp³-hybridized carbons (Fsp3) is 0.931. The van der Waals surface area contributed by atoms with Crippen molar-refractivity contribution in [1.82, 2.24) is 0 Å². The number of unbranched alkanes of at least 4 members (excludes halogenated alkanes) is 18. The van der Waals surface area contributed by atoms with E-state index in [1.165, 1.54) is 103 Å². The van der Waals surface area contributed by atoms with Gasteiger partial charge in [0.2, 0.25) is 0 Å². The summed E-state index contributed by atoms with van der Waals surface area (Å²) < 4.78 is 5.66. The molecule has 0 bridgehead atoms. The lowest BCUT2D eigenvalue weighted by Gasteiger charge is -2.17. The third-order valence-electron chi connectivity index (χ3n) is 6.59. The van der Waals surface area contributed by atoms with Gasteiger partial charge in [-0.2, -0.15) is 0 Å². The molecule has 1 atom stereocenters. The molecule has 0 rings (SSSR count). The van der Waals surface area contributed by atoms with Crippen molar-refractivity contribution >= 4 is 11.9 Å². The zero-order chi connectivity index (χ0) is 24.4. The van der Waals surface area contributed by atoms with Crippen LogP contribution in [-0.2, 0) is 14.3 Å². The molecule has 0 heterocycles. The summed E-state index contributed by atoms with van der Waals surface area (Å²) in [5.41, 5.74) is 0. The predicted molar refractivity (Wildman–Crippen MR) is 140 cm³/mol. The van der Waals surface area contributed by atoms with E-state index >= 15 is 0 Å². The van der Waals surface area contributed by atoms with Crippen LogP contribution in [-0.4, -0.2) is 23.1 Å². The van der Waals surface area contributed by atoms with E-state index in [1.54, 1.807) is 0 Å². The number of carbonyl (C=O) groups is 2. The summed E-state index contributed by atoms with van der Waals surface area (Å²) in [6.07, 6.45) is 26.8. The Morgan fingerprint density at radius 2 is 0.939 bits per heavy atom. The molecular formula is C29H56O4. The third kappa shape index (κ3) is 25.4. The zero-order valence-corrected chi connectivity index (χ0v) is 22.2. The molecule has 0 radical (unpaired) electrons. The van der Waals surface area contributed by atoms with Gasteiger partial charge in [-0.3, -0.25) is 9.59 Å². The van der Waals surface area contributed by atoms with Crippen molar-refractivity contribution in [2.24, 2.45) is 0 Å². The van der Waals surface area contributed by atoms with E-state index in [-0.39, 0.29) is 18.5 Å². The second kappa shape index (κ2) is 25.6. The zero-order valence-electron chi connectivity index (χ0n) is 22.2. The van der Waals surface area contributed by atoms with Crippen molar-refractivity contribution in [3.05, 3.63) is 0 Å². The van der Waals surface area contributed by atoms with Crippen LogP contribution in [0.4, 0.5) is 0 Å². The van der Waals surface area contributed by atoms with Crippen molar-refractivity contribution in [2.75, 3.05) is 0 Å². The number of hydrogen-bond donors (Lipinski definition) is 1. The molecule has 0 spiro atoms. The Bertz CT molecular complexity index is 435. The quantitative estimate of drug-likeness (QED) is 0.101. The summed E-state index contributed by atoms with van der Waals surface area (Å²) in [5.74, 6) is -0.954. The van der Waals surface area contributed by atoms with E-state index in [9.17, 15) is 9.59 Å². The maximum atomic E-state index is 12.2. The molecule has 0 aliphatic carbocycles. The number of ether oxygens (including phenoxy) is 1. The lowest BCUT2D eigenvalue weighted by atomic mass is 10.0. The van der Waals surface area contributed by atoms with Crippen molar-refractivity contribution in [3.8, 4) is 0 Å². The Kier molecular flexibility index (Phi) is 24.7. The largest absolute Gasteiger partial charge is 0.481 e. The molecule has 0 saturated heterocycles. The van der Waals surface area contributed by atoms with Crippen LogP contribution in [0.2, 0.25) is 0 Å². The molecule has 0 aromatic rings. The minimum atomic E-state index is -0.812. The highest BCUT2D eigenvalue weighted by molar-refractivity contribution is 5.69. The summed E-state index contributed by atoms with van der Waals surface area (Å²) in [4.78, 5) is 23.2. The van der Waals surface area contributed by atoms with Gasteiger partial charge in [-0.25, -0.2) is 0 Å². The van der Waals surface area contributed by atoms with E-state index in [0.29, 0.717) is 12.8 Å². The van der Waals surface area contributed by atoms with Crippen LogP contribution in [0.1, 0.15) is 168 Å². The molecule has 0 saturated carbocycles. The Morgan fingerprint density at radius 1 is 0.545 bits per heavy atom. The highest BCUT2D eigenvalue weighted by Gasteiger charge is 2.15. The number of carboxylic acids is 1. The Hall–Kier alpha value is -1.06. The van der Waals surface area contributed by atoms with Gasteiger partial charge in [-0.05, 0) is 25.7 Å². The first-order chi connectivity index (χ1) is 16.1. The standard InChI is InChI=1S/C29H56O4/c1-3-5-7-9-11-13-14-15-16-18-20-22-24-29(32)33-27(25-26-28(30)31)23-21-19-17-12-10-8-6-4-2/h27H,3-26H2,1-2H3,(H,30,31). The van der Waals surface area contributed by atoms with Gasteiger partial charge in [0.05, 0.1) is 0 Å². The highest BCUT2D eigenvalue weighted by Crippen LogP contribution is 2.17. The van der Waals surface area contributed by atoms with Gasteiger partial charge in [0.1, 0.15) is 6.10 Å². The van der Waals surface area contributed by atoms with E-state index in [1.807, 2.05) is 0 Å². The molecule has 196 valence electrons. The van der Waals surface area contributed by atoms with Crippen LogP contribution in [0.5, 0.6) is 0 Å². The molecular weight excluding hydrogens is 412 g/mol. The molecule has 0 fully saturated rings. The van der Waals surface area contributed by atoms with Gasteiger partial charge in [-0.1, -0.05) is 129 Å². The Morgan fingerprint density at radius 3 is 1.36 bits per heavy atom. The molecule has 0 aromatic heterocycles. The molecule has 0 aliphatic rings. The molecule has 1 unspecified atom stereocenters. The second-order valence-corrected chi connectivity index (χ2v) is 9.95. The number of rotatable bonds is 26. The molecule has 4 nitrogen and oxygen atoms in total. The minimum absolute atomic E-state index is 0.0770. The molecule has 0 aromatic carbocycles. The second-order valence-electron chi connectivity index (χ2n) is 9.95. The summed E-state index contributed by atoms with van der Waals surface area (Å²) in [7, 11) is 0. The maximum absolute atomic E-state index is 12.2. The third-order valence-corrected chi connectivity index (χ3v) is 6.59. The van der Waals surface area contributed by atoms with Crippen molar-refractivity contribution in [2.45, 2.75) is 174 Å². The topological polar surface area (TPSA) is 63.6 Å². The normalized spacial score (nSPS) is 12.1. The number of hydrogen-bond acceptors (Lipinski definition) is 3. The fourth-order valence-electron chi connectivity index (χ4n) is 4.41. The van der Waals surface area contributed by atoms with Crippen LogP contribution in [0.25, 0.3) is 0 Å². The van der Waals surface area contributed by atoms with Crippen molar-refractivity contribution < 1.29 is 19.4 Å². The summed E-state index contributed by atoms with van der Waals surface area (Å²) in [6, 6.07) is 0. The number of carbonyl (C=O) groups excluding carboxylic acids is 1. The van der Waals surface area contributed by atoms with E-state index in [0.717, 1.165) is 32.1 Å². The first-order valence-corrected chi connectivity index (χ1v) is 14.5. The first kappa shape index (κ1) is 31.9. The lowest BCUT2D eigenvalue weighted by Crippen LogP contribution is -2.19. The number of esters is 1. The van der Waals surface area contributed by atoms with E-state index in [2.05, 4.69) is 13.8 Å². The van der Waals surface area contributed by atoms with Gasteiger partial charge in [0.15, 0.2) is 0 Å². The Balaban J connectivity index is 3.77. The van der Waals surface area contributed by atoms with Gasteiger partial charge in [0, 0.05) is 12.8 Å². The fourth-order valence-corrected chi connectivity index (χ4v) is 4.41. The van der Waals surface area contributed by atoms with Gasteiger partial charge in [-0.15, -0.1) is 0 Å². The van der Waals surface area contributed by atoms with Gasteiger partial charge in [0.25, 0.3) is 0 Å². The van der Waals surface area contributed by atoms with Crippen LogP contribution in [0, 0.1) is 0 Å². The summed E-state index contributed by atoms with van der Waals surface area (Å²) in [6.45, 7) is 4.49. The van der Waals surface area contributed by atoms with Gasteiger partial charge < -0.3 is 9.84 Å². The van der Waals surface area contributed by atoms with Crippen LogP contribution < -0.4 is 0 Å². The SMILES string of the molecule is CCCCCCCCCCCCCCC(=O)OC(CCCCCCCCCC)CCC(=O)O. The summed E-state index contributed by atoms with van der Waals surface area (Å²) >= 11 is 0. The van der Waals surface area contributed by atoms with Crippen LogP contribution in [0.15, 0.2) is 0 Å². The molecule has 0 amide bonds. The molecule has 4 heteroatoms. The minimum Gasteiger partial charge on any atom is -0.481 e. The van der Waals surface area contributed by atoms with Crippen LogP contribution in [0.3, 0.4) is 0 Å². The monoisotopic (exact) mass is 468 g/mol. The Labute approximate surface area is 205 Å². The smallest absolute Gasteiger partial charge is 0.306 e. The van der Waals surface area contributed by atoms with Gasteiger partial charge >= 0.3 is 11.9 Å². The maximum Gasteiger partial charge on any atom is 0.306 e. The van der Waals surface area contributed by atoms with Crippen molar-refractivity contribution in [3.63, 3.8) is 0 Å². The lowest BCUT2D eigenvalue weighted by molar-refractivity contribution is -0.151. The van der Waals surface area contributed by atoms with E-state index in [4.69, 9.17) is 9.84 Å². The van der Waals surface area contributed by atoms with Crippen molar-refractivity contribution in [1.29, 1.82) is 0 Å². The average molecular weight is 469 g/mol. The molecule has 33 heavy (non-hydrogen) atoms. The predicted octanol–water partition coefficient (Wildman–Crippen LogP) is 9.39. The molecule has 1 N–H and O–H groups in total. The average Bonchev–Trinajstić information content (AvgIpc) is 2.79. The summed E-state index contributed by atoms with van der Waals surface area (Å²) in [5, 5.41) is 8.99. The highest BCUT2D eigenvalue weighted by atomic mass is 16.5. The van der Waals surface area contributed by atoms with E-state index < -0.39 is 5.97 Å². The first-order valence-electron chi connectivity index (χ1n) is 14.5. The van der Waals surface area contributed by atoms with Crippen LogP contribution >= 0.6 is 0 Å². The number of carboxylic acid groups (broad SMARTS) is 1. The number of aliphatic carboxylic acids is 1. The molecule has 0 aliphatic heterocycles.